The molecule has 17 heavy (non-hydrogen) atoms. The highest BCUT2D eigenvalue weighted by molar-refractivity contribution is 5.85. The van der Waals surface area contributed by atoms with E-state index in [-0.39, 0.29) is 23.9 Å². The van der Waals surface area contributed by atoms with Crippen LogP contribution in [0, 0.1) is 0 Å². The van der Waals surface area contributed by atoms with Gasteiger partial charge in [-0.05, 0) is 26.8 Å². The van der Waals surface area contributed by atoms with Gasteiger partial charge in [-0.15, -0.1) is 0 Å². The molecule has 1 heterocycles. The molecule has 0 aromatic carbocycles. The van der Waals surface area contributed by atoms with Gasteiger partial charge in [-0.1, -0.05) is 0 Å². The first-order chi connectivity index (χ1) is 7.88. The number of rotatable bonds is 5. The Morgan fingerprint density at radius 2 is 2.12 bits per heavy atom. The summed E-state index contributed by atoms with van der Waals surface area (Å²) in [6, 6.07) is 1.35. The topological polar surface area (TPSA) is 81.5 Å². The Bertz CT molecular complexity index is 387. The number of carbonyl (C=O) groups is 1. The highest BCUT2D eigenvalue weighted by atomic mass is 16.5. The zero-order valence-electron chi connectivity index (χ0n) is 10.1. The molecule has 0 atom stereocenters. The lowest BCUT2D eigenvalue weighted by Crippen LogP contribution is -2.22. The normalized spacial score (nSPS) is 11.2. The molecular formula is C11H16N2O4. The van der Waals surface area contributed by atoms with Crippen molar-refractivity contribution < 1.29 is 19.4 Å². The summed E-state index contributed by atoms with van der Waals surface area (Å²) in [7, 11) is 0. The zero-order chi connectivity index (χ0) is 12.9. The van der Waals surface area contributed by atoms with Gasteiger partial charge in [0.25, 0.3) is 0 Å². The summed E-state index contributed by atoms with van der Waals surface area (Å²) in [5.74, 6) is -1.11. The maximum atomic E-state index is 10.6. The quantitative estimate of drug-likeness (QED) is 0.783. The van der Waals surface area contributed by atoms with Crippen molar-refractivity contribution in [3.8, 4) is 6.01 Å². The molecule has 0 unspecified atom stereocenters. The van der Waals surface area contributed by atoms with Crippen LogP contribution in [0.1, 0.15) is 31.3 Å². The van der Waals surface area contributed by atoms with Gasteiger partial charge < -0.3 is 14.6 Å². The molecule has 0 radical (unpaired) electrons. The first-order valence-electron chi connectivity index (χ1n) is 5.21. The lowest BCUT2D eigenvalue weighted by molar-refractivity contribution is -0.0173. The second-order valence-electron chi connectivity index (χ2n) is 4.34. The van der Waals surface area contributed by atoms with Crippen molar-refractivity contribution in [2.24, 2.45) is 0 Å². The summed E-state index contributed by atoms with van der Waals surface area (Å²) in [5.41, 5.74) is -0.320. The molecular weight excluding hydrogens is 224 g/mol. The van der Waals surface area contributed by atoms with Crippen LogP contribution in [-0.2, 0) is 4.74 Å². The molecule has 0 spiro atoms. The minimum atomic E-state index is -1.11. The van der Waals surface area contributed by atoms with Gasteiger partial charge in [-0.3, -0.25) is 0 Å². The van der Waals surface area contributed by atoms with Crippen molar-refractivity contribution in [2.45, 2.75) is 26.4 Å². The number of aromatic carboxylic acids is 1. The molecule has 0 aliphatic rings. The SMILES string of the molecule is CC(C)(C)OCCOc1nccc(C(=O)O)n1. The molecule has 94 valence electrons. The third kappa shape index (κ3) is 5.26. The predicted octanol–water partition coefficient (Wildman–Crippen LogP) is 1.37. The molecule has 1 rings (SSSR count). The third-order valence-corrected chi connectivity index (χ3v) is 1.70. The van der Waals surface area contributed by atoms with Crippen LogP contribution in [0.4, 0.5) is 0 Å². The minimum Gasteiger partial charge on any atom is -0.477 e. The first kappa shape index (κ1) is 13.4. The van der Waals surface area contributed by atoms with Crippen LogP contribution in [0.15, 0.2) is 12.3 Å². The summed E-state index contributed by atoms with van der Waals surface area (Å²) in [6.45, 7) is 6.49. The largest absolute Gasteiger partial charge is 0.477 e. The monoisotopic (exact) mass is 240 g/mol. The number of hydrogen-bond acceptors (Lipinski definition) is 5. The van der Waals surface area contributed by atoms with Crippen LogP contribution >= 0.6 is 0 Å². The molecule has 1 aromatic heterocycles. The van der Waals surface area contributed by atoms with Crippen LogP contribution in [-0.4, -0.2) is 39.9 Å². The lowest BCUT2D eigenvalue weighted by atomic mass is 10.2. The zero-order valence-corrected chi connectivity index (χ0v) is 10.1. The standard InChI is InChI=1S/C11H16N2O4/c1-11(2,3)17-7-6-16-10-12-5-4-8(13-10)9(14)15/h4-5H,6-7H2,1-3H3,(H,14,15). The Morgan fingerprint density at radius 1 is 1.41 bits per heavy atom. The fourth-order valence-corrected chi connectivity index (χ4v) is 1.01. The maximum absolute atomic E-state index is 10.6. The molecule has 0 aliphatic heterocycles. The smallest absolute Gasteiger partial charge is 0.354 e. The van der Waals surface area contributed by atoms with Crippen LogP contribution in [0.3, 0.4) is 0 Å². The van der Waals surface area contributed by atoms with E-state index in [0.29, 0.717) is 6.61 Å². The first-order valence-corrected chi connectivity index (χ1v) is 5.21. The van der Waals surface area contributed by atoms with Gasteiger partial charge in [0.15, 0.2) is 5.69 Å². The van der Waals surface area contributed by atoms with Crippen LogP contribution in [0.25, 0.3) is 0 Å². The van der Waals surface area contributed by atoms with Gasteiger partial charge in [0, 0.05) is 6.20 Å². The van der Waals surface area contributed by atoms with Crippen molar-refractivity contribution >= 4 is 5.97 Å². The van der Waals surface area contributed by atoms with Crippen molar-refractivity contribution in [1.82, 2.24) is 9.97 Å². The van der Waals surface area contributed by atoms with Gasteiger partial charge in [0.05, 0.1) is 12.2 Å². The maximum Gasteiger partial charge on any atom is 0.354 e. The predicted molar refractivity (Wildman–Crippen MR) is 60.2 cm³/mol. The van der Waals surface area contributed by atoms with E-state index < -0.39 is 5.97 Å². The Balaban J connectivity index is 2.42. The number of nitrogens with zero attached hydrogens (tertiary/aromatic N) is 2. The summed E-state index contributed by atoms with van der Waals surface area (Å²) in [5, 5.41) is 8.72. The average molecular weight is 240 g/mol. The summed E-state index contributed by atoms with van der Waals surface area (Å²) in [4.78, 5) is 18.2. The van der Waals surface area contributed by atoms with Crippen LogP contribution in [0.2, 0.25) is 0 Å². The van der Waals surface area contributed by atoms with Crippen molar-refractivity contribution in [1.29, 1.82) is 0 Å². The van der Waals surface area contributed by atoms with Crippen molar-refractivity contribution in [2.75, 3.05) is 13.2 Å². The molecule has 0 saturated carbocycles. The Kier molecular flexibility index (Phi) is 4.39. The highest BCUT2D eigenvalue weighted by Crippen LogP contribution is 2.07. The molecule has 6 heteroatoms. The second kappa shape index (κ2) is 5.58. The van der Waals surface area contributed by atoms with E-state index >= 15 is 0 Å². The molecule has 0 bridgehead atoms. The Hall–Kier alpha value is -1.69. The van der Waals surface area contributed by atoms with Gasteiger partial charge in [-0.2, -0.15) is 4.98 Å². The molecule has 0 saturated heterocycles. The molecule has 6 nitrogen and oxygen atoms in total. The van der Waals surface area contributed by atoms with E-state index in [1.54, 1.807) is 0 Å². The van der Waals surface area contributed by atoms with E-state index in [4.69, 9.17) is 14.6 Å². The van der Waals surface area contributed by atoms with Gasteiger partial charge in [0.1, 0.15) is 6.61 Å². The summed E-state index contributed by atoms with van der Waals surface area (Å²) < 4.78 is 10.6. The van der Waals surface area contributed by atoms with Gasteiger partial charge in [0.2, 0.25) is 0 Å². The van der Waals surface area contributed by atoms with Crippen LogP contribution < -0.4 is 4.74 Å². The summed E-state index contributed by atoms with van der Waals surface area (Å²) in [6.07, 6.45) is 1.34. The van der Waals surface area contributed by atoms with Crippen molar-refractivity contribution in [3.63, 3.8) is 0 Å². The molecule has 1 N–H and O–H groups in total. The third-order valence-electron chi connectivity index (χ3n) is 1.70. The lowest BCUT2D eigenvalue weighted by Gasteiger charge is -2.19. The number of ether oxygens (including phenoxy) is 2. The average Bonchev–Trinajstić information content (AvgIpc) is 2.23. The number of carboxylic acid groups (broad SMARTS) is 1. The van der Waals surface area contributed by atoms with E-state index in [1.165, 1.54) is 12.3 Å². The molecule has 0 fully saturated rings. The van der Waals surface area contributed by atoms with Gasteiger partial charge >= 0.3 is 12.0 Å². The number of carboxylic acids is 1. The number of aromatic nitrogens is 2. The Labute approximate surface area is 99.6 Å². The van der Waals surface area contributed by atoms with E-state index in [1.807, 2.05) is 20.8 Å². The van der Waals surface area contributed by atoms with Crippen molar-refractivity contribution in [3.05, 3.63) is 18.0 Å². The minimum absolute atomic E-state index is 0.0439. The molecule has 1 aromatic rings. The number of hydrogen-bond donors (Lipinski definition) is 1. The summed E-state index contributed by atoms with van der Waals surface area (Å²) >= 11 is 0. The highest BCUT2D eigenvalue weighted by Gasteiger charge is 2.10. The van der Waals surface area contributed by atoms with Crippen LogP contribution in [0.5, 0.6) is 6.01 Å². The molecule has 0 aliphatic carbocycles. The van der Waals surface area contributed by atoms with E-state index in [0.717, 1.165) is 0 Å². The fourth-order valence-electron chi connectivity index (χ4n) is 1.01. The molecule has 0 amide bonds. The Morgan fingerprint density at radius 3 is 2.71 bits per heavy atom. The van der Waals surface area contributed by atoms with Gasteiger partial charge in [-0.25, -0.2) is 9.78 Å². The fraction of sp³-hybridized carbons (Fsp3) is 0.545. The second-order valence-corrected chi connectivity index (χ2v) is 4.34. The van der Waals surface area contributed by atoms with E-state index in [9.17, 15) is 4.79 Å². The van der Waals surface area contributed by atoms with E-state index in [2.05, 4.69) is 9.97 Å².